The molecule has 0 atom stereocenters. The maximum absolute atomic E-state index is 11.0. The molecule has 0 amide bonds. The summed E-state index contributed by atoms with van der Waals surface area (Å²) >= 11 is 3.12. The van der Waals surface area contributed by atoms with E-state index in [0.717, 1.165) is 0 Å². The minimum Gasteiger partial charge on any atom is -0.207 e. The van der Waals surface area contributed by atoms with Gasteiger partial charge in [-0.05, 0) is 34.5 Å². The van der Waals surface area contributed by atoms with Crippen molar-refractivity contribution in [3.05, 3.63) is 28.2 Å². The molecule has 1 aromatic rings. The van der Waals surface area contributed by atoms with Gasteiger partial charge < -0.3 is 0 Å². The highest BCUT2D eigenvalue weighted by molar-refractivity contribution is 9.10. The molecule has 0 aliphatic heterocycles. The highest BCUT2D eigenvalue weighted by atomic mass is 79.9. The van der Waals surface area contributed by atoms with E-state index in [1.54, 1.807) is 25.1 Å². The summed E-state index contributed by atoms with van der Waals surface area (Å²) in [6, 6.07) is 5.09. The number of hydrogen-bond acceptors (Lipinski definition) is 2. The molecule has 0 saturated carbocycles. The van der Waals surface area contributed by atoms with Crippen LogP contribution in [0.2, 0.25) is 0 Å². The predicted octanol–water partition coefficient (Wildman–Crippen LogP) is 2.69. The summed E-state index contributed by atoms with van der Waals surface area (Å²) in [4.78, 5) is 0.145. The van der Waals surface area contributed by atoms with E-state index in [2.05, 4.69) is 15.9 Å². The van der Waals surface area contributed by atoms with Crippen molar-refractivity contribution in [1.82, 2.24) is 0 Å². The predicted molar refractivity (Wildman–Crippen MR) is 51.9 cm³/mol. The quantitative estimate of drug-likeness (QED) is 0.735. The molecule has 0 aliphatic rings. The van der Waals surface area contributed by atoms with Crippen LogP contribution in [0.1, 0.15) is 5.56 Å². The monoisotopic (exact) mass is 268 g/mol. The van der Waals surface area contributed by atoms with Gasteiger partial charge in [0.1, 0.15) is 0 Å². The van der Waals surface area contributed by atoms with Crippen LogP contribution in [-0.4, -0.2) is 8.42 Å². The van der Waals surface area contributed by atoms with Gasteiger partial charge in [-0.15, -0.1) is 0 Å². The third-order valence-electron chi connectivity index (χ3n) is 1.41. The van der Waals surface area contributed by atoms with Gasteiger partial charge in [0.05, 0.1) is 4.90 Å². The van der Waals surface area contributed by atoms with Crippen LogP contribution in [-0.2, 0) is 9.05 Å². The van der Waals surface area contributed by atoms with Crippen molar-refractivity contribution in [2.45, 2.75) is 11.8 Å². The molecule has 0 saturated heterocycles. The first kappa shape index (κ1) is 10.0. The average Bonchev–Trinajstić information content (AvgIpc) is 1.82. The van der Waals surface area contributed by atoms with Crippen LogP contribution in [0.25, 0.3) is 0 Å². The van der Waals surface area contributed by atoms with Crippen LogP contribution in [0.3, 0.4) is 0 Å². The lowest BCUT2D eigenvalue weighted by molar-refractivity contribution is 0.608. The molecule has 0 bridgehead atoms. The Morgan fingerprint density at radius 3 is 2.33 bits per heavy atom. The Kier molecular flexibility index (Phi) is 2.81. The number of halogens is 2. The van der Waals surface area contributed by atoms with Crippen LogP contribution in [0.15, 0.2) is 27.6 Å². The first-order chi connectivity index (χ1) is 5.43. The van der Waals surface area contributed by atoms with E-state index in [9.17, 15) is 8.42 Å². The van der Waals surface area contributed by atoms with Crippen molar-refractivity contribution in [1.29, 1.82) is 0 Å². The minimum atomic E-state index is -3.64. The van der Waals surface area contributed by atoms with E-state index in [1.807, 2.05) is 0 Å². The lowest BCUT2D eigenvalue weighted by atomic mass is 10.2. The second kappa shape index (κ2) is 3.36. The fourth-order valence-electron chi connectivity index (χ4n) is 0.925. The molecule has 0 unspecified atom stereocenters. The second-order valence-electron chi connectivity index (χ2n) is 2.32. The van der Waals surface area contributed by atoms with Crippen molar-refractivity contribution in [3.8, 4) is 0 Å². The van der Waals surface area contributed by atoms with Crippen molar-refractivity contribution in [3.63, 3.8) is 0 Å². The van der Waals surface area contributed by atoms with E-state index < -0.39 is 9.05 Å². The van der Waals surface area contributed by atoms with Gasteiger partial charge in [0.2, 0.25) is 0 Å². The lowest BCUT2D eigenvalue weighted by Crippen LogP contribution is -1.95. The van der Waals surface area contributed by atoms with Gasteiger partial charge in [0, 0.05) is 15.2 Å². The molecule has 5 heteroatoms. The molecule has 0 radical (unpaired) electrons. The summed E-state index contributed by atoms with van der Waals surface area (Å²) in [5, 5.41) is 0. The summed E-state index contributed by atoms with van der Waals surface area (Å²) in [7, 11) is 1.57. The third-order valence-corrected chi connectivity index (χ3v) is 3.82. The number of benzene rings is 1. The molecule has 0 heterocycles. The first-order valence-corrected chi connectivity index (χ1v) is 6.23. The van der Waals surface area contributed by atoms with Gasteiger partial charge >= 0.3 is 0 Å². The molecule has 1 rings (SSSR count). The molecular formula is C7H6BrClO2S. The fraction of sp³-hybridized carbons (Fsp3) is 0.143. The molecule has 66 valence electrons. The summed E-state index contributed by atoms with van der Waals surface area (Å²) in [5.74, 6) is 0. The smallest absolute Gasteiger partial charge is 0.207 e. The van der Waals surface area contributed by atoms with Gasteiger partial charge in [-0.25, -0.2) is 8.42 Å². The topological polar surface area (TPSA) is 34.1 Å². The van der Waals surface area contributed by atoms with Gasteiger partial charge in [0.25, 0.3) is 9.05 Å². The average molecular weight is 270 g/mol. The van der Waals surface area contributed by atoms with E-state index in [0.29, 0.717) is 10.0 Å². The molecule has 2 nitrogen and oxygen atoms in total. The lowest BCUT2D eigenvalue weighted by Gasteiger charge is -2.02. The van der Waals surface area contributed by atoms with E-state index in [1.165, 1.54) is 0 Å². The maximum atomic E-state index is 11.0. The standard InChI is InChI=1S/C7H6BrClO2S/c1-5-3-2-4-6(8)7(5)12(9,10)11/h2-4H,1H3. The first-order valence-electron chi connectivity index (χ1n) is 3.12. The maximum Gasteiger partial charge on any atom is 0.262 e. The van der Waals surface area contributed by atoms with Gasteiger partial charge in [-0.3, -0.25) is 0 Å². The number of hydrogen-bond donors (Lipinski definition) is 0. The van der Waals surface area contributed by atoms with E-state index >= 15 is 0 Å². The summed E-state index contributed by atoms with van der Waals surface area (Å²) < 4.78 is 22.5. The van der Waals surface area contributed by atoms with Gasteiger partial charge in [0.15, 0.2) is 0 Å². The normalized spacial score (nSPS) is 11.6. The zero-order chi connectivity index (χ0) is 9.35. The Labute approximate surface area is 84.1 Å². The number of rotatable bonds is 1. The van der Waals surface area contributed by atoms with E-state index in [-0.39, 0.29) is 4.90 Å². The Morgan fingerprint density at radius 2 is 2.00 bits per heavy atom. The highest BCUT2D eigenvalue weighted by Crippen LogP contribution is 2.27. The molecule has 12 heavy (non-hydrogen) atoms. The molecule has 0 spiro atoms. The SMILES string of the molecule is Cc1cccc(Br)c1S(=O)(=O)Cl. The molecule has 0 aromatic heterocycles. The van der Waals surface area contributed by atoms with Crippen molar-refractivity contribution in [2.75, 3.05) is 0 Å². The van der Waals surface area contributed by atoms with Crippen LogP contribution in [0.5, 0.6) is 0 Å². The molecular weight excluding hydrogens is 263 g/mol. The Bertz CT molecular complexity index is 380. The largest absolute Gasteiger partial charge is 0.262 e. The molecule has 1 aromatic carbocycles. The second-order valence-corrected chi connectivity index (χ2v) is 5.68. The van der Waals surface area contributed by atoms with E-state index in [4.69, 9.17) is 10.7 Å². The zero-order valence-corrected chi connectivity index (χ0v) is 9.37. The minimum absolute atomic E-state index is 0.145. The van der Waals surface area contributed by atoms with Crippen LogP contribution < -0.4 is 0 Å². The van der Waals surface area contributed by atoms with Gasteiger partial charge in [-0.2, -0.15) is 0 Å². The van der Waals surface area contributed by atoms with Crippen molar-refractivity contribution >= 4 is 35.7 Å². The van der Waals surface area contributed by atoms with Gasteiger partial charge in [-0.1, -0.05) is 12.1 Å². The Balaban J connectivity index is 3.53. The number of aryl methyl sites for hydroxylation is 1. The van der Waals surface area contributed by atoms with Crippen LogP contribution >= 0.6 is 26.6 Å². The fourth-order valence-corrected chi connectivity index (χ4v) is 3.68. The summed E-state index contributed by atoms with van der Waals surface area (Å²) in [6.07, 6.45) is 0. The third kappa shape index (κ3) is 2.00. The van der Waals surface area contributed by atoms with Crippen molar-refractivity contribution < 1.29 is 8.42 Å². The molecule has 0 aliphatic carbocycles. The Morgan fingerprint density at radius 1 is 1.42 bits per heavy atom. The van der Waals surface area contributed by atoms with Crippen LogP contribution in [0, 0.1) is 6.92 Å². The highest BCUT2D eigenvalue weighted by Gasteiger charge is 2.16. The zero-order valence-electron chi connectivity index (χ0n) is 6.21. The van der Waals surface area contributed by atoms with Crippen LogP contribution in [0.4, 0.5) is 0 Å². The summed E-state index contributed by atoms with van der Waals surface area (Å²) in [5.41, 5.74) is 0.638. The molecule has 0 fully saturated rings. The van der Waals surface area contributed by atoms with Crippen molar-refractivity contribution in [2.24, 2.45) is 0 Å². The molecule has 0 N–H and O–H groups in total. The summed E-state index contributed by atoms with van der Waals surface area (Å²) in [6.45, 7) is 1.69. The Hall–Kier alpha value is -0.0600.